The number of benzene rings is 1. The zero-order valence-corrected chi connectivity index (χ0v) is 16.6. The molecule has 1 saturated heterocycles. The van der Waals surface area contributed by atoms with Gasteiger partial charge in [0.15, 0.2) is 0 Å². The van der Waals surface area contributed by atoms with Gasteiger partial charge >= 0.3 is 0 Å². The highest BCUT2D eigenvalue weighted by Gasteiger charge is 2.21. The van der Waals surface area contributed by atoms with Crippen LogP contribution in [0.3, 0.4) is 0 Å². The van der Waals surface area contributed by atoms with Crippen LogP contribution in [0.5, 0.6) is 0 Å². The van der Waals surface area contributed by atoms with Crippen molar-refractivity contribution in [2.45, 2.75) is 33.7 Å². The van der Waals surface area contributed by atoms with Gasteiger partial charge in [-0.05, 0) is 55.5 Å². The van der Waals surface area contributed by atoms with Gasteiger partial charge in [-0.15, -0.1) is 5.10 Å². The smallest absolute Gasteiger partial charge is 0.201 e. The molecule has 1 fully saturated rings. The SMILES string of the molecule is C.C=C(C)C1CCN(c2cnc3nnn(Cc4ccc5ncccc5c4)c3c2)CC1. The molecule has 6 nitrogen and oxygen atoms in total. The lowest BCUT2D eigenvalue weighted by molar-refractivity contribution is 0.459. The number of aromatic nitrogens is 5. The van der Waals surface area contributed by atoms with Crippen LogP contribution in [0.25, 0.3) is 22.1 Å². The van der Waals surface area contributed by atoms with Crippen molar-refractivity contribution in [1.29, 1.82) is 0 Å². The Balaban J connectivity index is 0.00000218. The maximum absolute atomic E-state index is 4.56. The summed E-state index contributed by atoms with van der Waals surface area (Å²) >= 11 is 0. The summed E-state index contributed by atoms with van der Waals surface area (Å²) in [5.41, 5.74) is 6.27. The highest BCUT2D eigenvalue weighted by Crippen LogP contribution is 2.28. The highest BCUT2D eigenvalue weighted by atomic mass is 15.4. The number of hydrogen-bond acceptors (Lipinski definition) is 5. The molecule has 0 saturated carbocycles. The molecular formula is C24H28N6. The van der Waals surface area contributed by atoms with Crippen molar-refractivity contribution < 1.29 is 0 Å². The van der Waals surface area contributed by atoms with E-state index >= 15 is 0 Å². The number of piperidine rings is 1. The number of anilines is 1. The van der Waals surface area contributed by atoms with Crippen LogP contribution in [0, 0.1) is 5.92 Å². The lowest BCUT2D eigenvalue weighted by atomic mass is 9.91. The molecule has 0 N–H and O–H groups in total. The van der Waals surface area contributed by atoms with Crippen LogP contribution in [0.15, 0.2) is 60.9 Å². The van der Waals surface area contributed by atoms with E-state index in [0.29, 0.717) is 18.1 Å². The number of hydrogen-bond donors (Lipinski definition) is 0. The third-order valence-corrected chi connectivity index (χ3v) is 5.92. The van der Waals surface area contributed by atoms with Crippen molar-refractivity contribution >= 4 is 27.8 Å². The molecule has 3 aromatic heterocycles. The molecule has 1 aromatic carbocycles. The lowest BCUT2D eigenvalue weighted by Gasteiger charge is -2.33. The first-order valence-electron chi connectivity index (χ1n) is 10.1. The predicted molar refractivity (Wildman–Crippen MR) is 123 cm³/mol. The van der Waals surface area contributed by atoms with E-state index in [9.17, 15) is 0 Å². The van der Waals surface area contributed by atoms with Gasteiger partial charge in [0.05, 0.1) is 23.9 Å². The summed E-state index contributed by atoms with van der Waals surface area (Å²) in [4.78, 5) is 11.4. The lowest BCUT2D eigenvalue weighted by Crippen LogP contribution is -2.33. The minimum absolute atomic E-state index is 0. The normalized spacial score (nSPS) is 14.8. The Kier molecular flexibility index (Phi) is 5.48. The Morgan fingerprint density at radius 3 is 2.77 bits per heavy atom. The van der Waals surface area contributed by atoms with Crippen molar-refractivity contribution in [3.63, 3.8) is 0 Å². The number of rotatable bonds is 4. The second kappa shape index (κ2) is 8.22. The number of allylic oxidation sites excluding steroid dienone is 1. The van der Waals surface area contributed by atoms with E-state index in [1.54, 1.807) is 0 Å². The highest BCUT2D eigenvalue weighted by molar-refractivity contribution is 5.79. The summed E-state index contributed by atoms with van der Waals surface area (Å²) in [6, 6.07) is 12.5. The first-order chi connectivity index (χ1) is 14.2. The van der Waals surface area contributed by atoms with Crippen LogP contribution in [0.4, 0.5) is 5.69 Å². The zero-order valence-electron chi connectivity index (χ0n) is 16.6. The average Bonchev–Trinajstić information content (AvgIpc) is 3.15. The fourth-order valence-electron chi connectivity index (χ4n) is 4.16. The van der Waals surface area contributed by atoms with Gasteiger partial charge in [-0.1, -0.05) is 36.9 Å². The Hall–Kier alpha value is -3.28. The first kappa shape index (κ1) is 20.0. The fraction of sp³-hybridized carbons (Fsp3) is 0.333. The van der Waals surface area contributed by atoms with Gasteiger partial charge in [0.1, 0.15) is 5.52 Å². The van der Waals surface area contributed by atoms with Gasteiger partial charge in [-0.2, -0.15) is 0 Å². The molecule has 0 amide bonds. The van der Waals surface area contributed by atoms with E-state index in [2.05, 4.69) is 69.0 Å². The minimum atomic E-state index is 0. The van der Waals surface area contributed by atoms with Gasteiger partial charge in [0.2, 0.25) is 5.65 Å². The summed E-state index contributed by atoms with van der Waals surface area (Å²) in [5.74, 6) is 0.637. The van der Waals surface area contributed by atoms with Gasteiger partial charge in [0, 0.05) is 24.7 Å². The third kappa shape index (κ3) is 3.77. The second-order valence-corrected chi connectivity index (χ2v) is 7.92. The summed E-state index contributed by atoms with van der Waals surface area (Å²) in [6.07, 6.45) is 6.04. The molecule has 6 heteroatoms. The van der Waals surface area contributed by atoms with Crippen LogP contribution >= 0.6 is 0 Å². The third-order valence-electron chi connectivity index (χ3n) is 5.92. The quantitative estimate of drug-likeness (QED) is 0.458. The molecule has 30 heavy (non-hydrogen) atoms. The average molecular weight is 401 g/mol. The largest absolute Gasteiger partial charge is 0.370 e. The predicted octanol–water partition coefficient (Wildman–Crippen LogP) is 4.85. The van der Waals surface area contributed by atoms with Crippen LogP contribution in [0.1, 0.15) is 32.8 Å². The zero-order chi connectivity index (χ0) is 19.8. The summed E-state index contributed by atoms with van der Waals surface area (Å²) in [7, 11) is 0. The van der Waals surface area contributed by atoms with Gasteiger partial charge in [0.25, 0.3) is 0 Å². The number of fused-ring (bicyclic) bond motifs is 2. The van der Waals surface area contributed by atoms with Crippen LogP contribution in [-0.4, -0.2) is 38.1 Å². The number of pyridine rings is 2. The molecule has 0 aliphatic carbocycles. The Morgan fingerprint density at radius 1 is 1.13 bits per heavy atom. The van der Waals surface area contributed by atoms with E-state index in [1.807, 2.05) is 23.1 Å². The standard InChI is InChI=1S/C23H24N6.CH4/c1-16(2)18-7-10-28(11-8-18)20-13-22-23(25-14-20)26-27-29(22)15-17-5-6-21-19(12-17)4-3-9-24-21;/h3-6,9,12-14,18H,1,7-8,10-11,15H2,2H3;1H4. The molecule has 0 atom stereocenters. The van der Waals surface area contributed by atoms with Crippen LogP contribution < -0.4 is 4.90 Å². The van der Waals surface area contributed by atoms with Crippen molar-refractivity contribution in [3.8, 4) is 0 Å². The molecule has 154 valence electrons. The van der Waals surface area contributed by atoms with E-state index in [4.69, 9.17) is 0 Å². The first-order valence-corrected chi connectivity index (χ1v) is 10.1. The van der Waals surface area contributed by atoms with E-state index in [1.165, 1.54) is 11.1 Å². The fourth-order valence-corrected chi connectivity index (χ4v) is 4.16. The minimum Gasteiger partial charge on any atom is -0.370 e. The molecule has 4 aromatic rings. The molecule has 0 unspecified atom stereocenters. The van der Waals surface area contributed by atoms with E-state index in [0.717, 1.165) is 48.0 Å². The van der Waals surface area contributed by atoms with Gasteiger partial charge < -0.3 is 4.90 Å². The van der Waals surface area contributed by atoms with Crippen LogP contribution in [0.2, 0.25) is 0 Å². The second-order valence-electron chi connectivity index (χ2n) is 7.92. The monoisotopic (exact) mass is 400 g/mol. The Morgan fingerprint density at radius 2 is 1.97 bits per heavy atom. The molecule has 4 heterocycles. The topological polar surface area (TPSA) is 59.7 Å². The van der Waals surface area contributed by atoms with Crippen molar-refractivity contribution in [2.24, 2.45) is 5.92 Å². The Labute approximate surface area is 177 Å². The van der Waals surface area contributed by atoms with E-state index in [-0.39, 0.29) is 7.43 Å². The van der Waals surface area contributed by atoms with E-state index < -0.39 is 0 Å². The maximum atomic E-state index is 4.56. The summed E-state index contributed by atoms with van der Waals surface area (Å²) in [5, 5.41) is 9.74. The molecule has 0 spiro atoms. The van der Waals surface area contributed by atoms with Crippen molar-refractivity contribution in [2.75, 3.05) is 18.0 Å². The maximum Gasteiger partial charge on any atom is 0.201 e. The van der Waals surface area contributed by atoms with Crippen molar-refractivity contribution in [1.82, 2.24) is 25.0 Å². The molecule has 1 aliphatic heterocycles. The van der Waals surface area contributed by atoms with Gasteiger partial charge in [-0.25, -0.2) is 9.67 Å². The Bertz CT molecular complexity index is 1190. The number of nitrogens with zero attached hydrogens (tertiary/aromatic N) is 6. The molecular weight excluding hydrogens is 372 g/mol. The molecule has 1 aliphatic rings. The molecule has 0 bridgehead atoms. The van der Waals surface area contributed by atoms with Crippen molar-refractivity contribution in [3.05, 3.63) is 66.5 Å². The van der Waals surface area contributed by atoms with Crippen LogP contribution in [-0.2, 0) is 6.54 Å². The summed E-state index contributed by atoms with van der Waals surface area (Å²) < 4.78 is 1.93. The molecule has 5 rings (SSSR count). The summed E-state index contributed by atoms with van der Waals surface area (Å²) in [6.45, 7) is 8.99. The van der Waals surface area contributed by atoms with Gasteiger partial charge in [-0.3, -0.25) is 4.98 Å². The molecule has 0 radical (unpaired) electrons.